The van der Waals surface area contributed by atoms with E-state index in [9.17, 15) is 4.79 Å². The largest absolute Gasteiger partial charge is 0.368 e. The Bertz CT molecular complexity index is 524. The number of nitrogens with one attached hydrogen (secondary N) is 1. The number of fused-ring (bicyclic) bond motifs is 1. The van der Waals surface area contributed by atoms with Gasteiger partial charge in [-0.3, -0.25) is 4.79 Å². The second kappa shape index (κ2) is 5.79. The smallest absolute Gasteiger partial charge is 0.238 e. The maximum absolute atomic E-state index is 11.9. The van der Waals surface area contributed by atoms with E-state index in [-0.39, 0.29) is 5.91 Å². The summed E-state index contributed by atoms with van der Waals surface area (Å²) in [6.45, 7) is 0.948. The SMILES string of the molecule is CNC1(C(N)=O)CCCC1CCn1cnc2c1CCCC2. The summed E-state index contributed by atoms with van der Waals surface area (Å²) >= 11 is 0. The summed E-state index contributed by atoms with van der Waals surface area (Å²) in [6.07, 6.45) is 10.8. The van der Waals surface area contributed by atoms with E-state index in [1.165, 1.54) is 24.2 Å². The highest BCUT2D eigenvalue weighted by Gasteiger charge is 2.46. The van der Waals surface area contributed by atoms with Gasteiger partial charge in [0.25, 0.3) is 0 Å². The van der Waals surface area contributed by atoms with Gasteiger partial charge in [-0.25, -0.2) is 4.98 Å². The van der Waals surface area contributed by atoms with Gasteiger partial charge >= 0.3 is 0 Å². The van der Waals surface area contributed by atoms with Gasteiger partial charge in [0.15, 0.2) is 0 Å². The van der Waals surface area contributed by atoms with Crippen molar-refractivity contribution in [1.29, 1.82) is 0 Å². The zero-order chi connectivity index (χ0) is 14.9. The molecule has 2 aliphatic carbocycles. The number of nitrogens with zero attached hydrogens (tertiary/aromatic N) is 2. The van der Waals surface area contributed by atoms with Gasteiger partial charge in [-0.1, -0.05) is 6.42 Å². The van der Waals surface area contributed by atoms with Crippen molar-refractivity contribution in [2.45, 2.75) is 63.5 Å². The summed E-state index contributed by atoms with van der Waals surface area (Å²) in [5.41, 5.74) is 7.86. The molecule has 1 aromatic rings. The van der Waals surface area contributed by atoms with E-state index >= 15 is 0 Å². The van der Waals surface area contributed by atoms with Crippen molar-refractivity contribution in [3.63, 3.8) is 0 Å². The van der Waals surface area contributed by atoms with Gasteiger partial charge in [0.2, 0.25) is 5.91 Å². The number of hydrogen-bond donors (Lipinski definition) is 2. The number of amides is 1. The van der Waals surface area contributed by atoms with Crippen molar-refractivity contribution >= 4 is 5.91 Å². The van der Waals surface area contributed by atoms with Crippen LogP contribution in [-0.2, 0) is 24.2 Å². The fourth-order valence-corrected chi connectivity index (χ4v) is 4.26. The molecule has 2 aliphatic rings. The molecule has 2 atom stereocenters. The Balaban J connectivity index is 1.70. The molecule has 116 valence electrons. The predicted molar refractivity (Wildman–Crippen MR) is 81.8 cm³/mol. The summed E-state index contributed by atoms with van der Waals surface area (Å²) in [5.74, 6) is 0.141. The van der Waals surface area contributed by atoms with E-state index in [2.05, 4.69) is 14.9 Å². The standard InChI is InChI=1S/C16H26N4O/c1-18-16(15(17)21)9-4-5-12(16)8-10-20-11-19-13-6-2-3-7-14(13)20/h11-12,18H,2-10H2,1H3,(H2,17,21). The molecule has 3 rings (SSSR count). The van der Waals surface area contributed by atoms with Gasteiger partial charge in [0.05, 0.1) is 12.0 Å². The van der Waals surface area contributed by atoms with E-state index in [0.717, 1.165) is 45.1 Å². The van der Waals surface area contributed by atoms with Crippen LogP contribution in [0.25, 0.3) is 0 Å². The van der Waals surface area contributed by atoms with Crippen molar-refractivity contribution in [3.8, 4) is 0 Å². The van der Waals surface area contributed by atoms with Crippen LogP contribution in [0.4, 0.5) is 0 Å². The van der Waals surface area contributed by atoms with Crippen molar-refractivity contribution < 1.29 is 4.79 Å². The number of nitrogens with two attached hydrogens (primary N) is 1. The fourth-order valence-electron chi connectivity index (χ4n) is 4.26. The lowest BCUT2D eigenvalue weighted by Gasteiger charge is -2.32. The molecule has 1 saturated carbocycles. The van der Waals surface area contributed by atoms with E-state index in [4.69, 9.17) is 5.73 Å². The average molecular weight is 290 g/mol. The molecule has 1 heterocycles. The first-order chi connectivity index (χ1) is 10.2. The molecule has 0 radical (unpaired) electrons. The molecule has 0 aromatic carbocycles. The molecule has 0 aliphatic heterocycles. The summed E-state index contributed by atoms with van der Waals surface area (Å²) in [7, 11) is 1.86. The lowest BCUT2D eigenvalue weighted by atomic mass is 9.84. The minimum Gasteiger partial charge on any atom is -0.368 e. The van der Waals surface area contributed by atoms with Crippen molar-refractivity contribution in [1.82, 2.24) is 14.9 Å². The quantitative estimate of drug-likeness (QED) is 0.861. The molecule has 3 N–H and O–H groups in total. The molecule has 21 heavy (non-hydrogen) atoms. The van der Waals surface area contributed by atoms with Crippen LogP contribution in [0.1, 0.15) is 49.9 Å². The first-order valence-electron chi connectivity index (χ1n) is 8.19. The summed E-state index contributed by atoms with van der Waals surface area (Å²) < 4.78 is 2.30. The normalized spacial score (nSPS) is 28.5. The maximum atomic E-state index is 11.9. The van der Waals surface area contributed by atoms with Crippen LogP contribution in [0.15, 0.2) is 6.33 Å². The number of carbonyl (C=O) groups is 1. The van der Waals surface area contributed by atoms with E-state index in [0.29, 0.717) is 5.92 Å². The molecule has 0 saturated heterocycles. The van der Waals surface area contributed by atoms with E-state index in [1.807, 2.05) is 13.4 Å². The number of likely N-dealkylation sites (N-methyl/N-ethyl adjacent to an activating group) is 1. The third-order valence-electron chi connectivity index (χ3n) is 5.53. The Hall–Kier alpha value is -1.36. The maximum Gasteiger partial charge on any atom is 0.238 e. The molecular formula is C16H26N4O. The van der Waals surface area contributed by atoms with Crippen molar-refractivity contribution in [3.05, 3.63) is 17.7 Å². The monoisotopic (exact) mass is 290 g/mol. The van der Waals surface area contributed by atoms with Crippen LogP contribution in [0, 0.1) is 5.92 Å². The molecule has 0 bridgehead atoms. The first-order valence-corrected chi connectivity index (χ1v) is 8.19. The minimum atomic E-state index is -0.499. The van der Waals surface area contributed by atoms with Crippen LogP contribution < -0.4 is 11.1 Å². The van der Waals surface area contributed by atoms with Gasteiger partial charge in [0, 0.05) is 12.2 Å². The van der Waals surface area contributed by atoms with Crippen LogP contribution >= 0.6 is 0 Å². The number of imidazole rings is 1. The highest BCUT2D eigenvalue weighted by Crippen LogP contribution is 2.38. The molecule has 5 heteroatoms. The highest BCUT2D eigenvalue weighted by molar-refractivity contribution is 5.85. The average Bonchev–Trinajstić information content (AvgIpc) is 3.09. The van der Waals surface area contributed by atoms with E-state index in [1.54, 1.807) is 0 Å². The van der Waals surface area contributed by atoms with Crippen LogP contribution in [-0.4, -0.2) is 28.0 Å². The molecule has 1 fully saturated rings. The zero-order valence-electron chi connectivity index (χ0n) is 12.9. The molecule has 0 spiro atoms. The second-order valence-corrected chi connectivity index (χ2v) is 6.50. The third kappa shape index (κ3) is 2.48. The van der Waals surface area contributed by atoms with Crippen molar-refractivity contribution in [2.24, 2.45) is 11.7 Å². The molecule has 2 unspecified atom stereocenters. The van der Waals surface area contributed by atoms with Gasteiger partial charge < -0.3 is 15.6 Å². The van der Waals surface area contributed by atoms with Crippen LogP contribution in [0.2, 0.25) is 0 Å². The number of carbonyl (C=O) groups excluding carboxylic acids is 1. The number of aromatic nitrogens is 2. The van der Waals surface area contributed by atoms with Crippen LogP contribution in [0.5, 0.6) is 0 Å². The Morgan fingerprint density at radius 3 is 3.05 bits per heavy atom. The van der Waals surface area contributed by atoms with Crippen LogP contribution in [0.3, 0.4) is 0 Å². The minimum absolute atomic E-state index is 0.194. The lowest BCUT2D eigenvalue weighted by Crippen LogP contribution is -2.56. The number of rotatable bonds is 5. The number of aryl methyl sites for hydroxylation is 2. The lowest BCUT2D eigenvalue weighted by molar-refractivity contribution is -0.125. The Morgan fingerprint density at radius 2 is 2.29 bits per heavy atom. The molecule has 1 aromatic heterocycles. The van der Waals surface area contributed by atoms with E-state index < -0.39 is 5.54 Å². The van der Waals surface area contributed by atoms with Crippen molar-refractivity contribution in [2.75, 3.05) is 7.05 Å². The summed E-state index contributed by atoms with van der Waals surface area (Å²) in [6, 6.07) is 0. The Labute approximate surface area is 126 Å². The molecule has 1 amide bonds. The fraction of sp³-hybridized carbons (Fsp3) is 0.750. The van der Waals surface area contributed by atoms with Gasteiger partial charge in [-0.15, -0.1) is 0 Å². The van der Waals surface area contributed by atoms with Gasteiger partial charge in [-0.05, 0) is 57.9 Å². The Kier molecular flexibility index (Phi) is 4.02. The topological polar surface area (TPSA) is 72.9 Å². The predicted octanol–water partition coefficient (Wildman–Crippen LogP) is 1.40. The van der Waals surface area contributed by atoms with Gasteiger partial charge in [0.1, 0.15) is 5.54 Å². The van der Waals surface area contributed by atoms with Gasteiger partial charge in [-0.2, -0.15) is 0 Å². The highest BCUT2D eigenvalue weighted by atomic mass is 16.1. The number of hydrogen-bond acceptors (Lipinski definition) is 3. The molecule has 5 nitrogen and oxygen atoms in total. The first kappa shape index (κ1) is 14.6. The molecular weight excluding hydrogens is 264 g/mol. The Morgan fingerprint density at radius 1 is 1.48 bits per heavy atom. The summed E-state index contributed by atoms with van der Waals surface area (Å²) in [5, 5.41) is 3.22. The number of primary amides is 1. The zero-order valence-corrected chi connectivity index (χ0v) is 12.9. The third-order valence-corrected chi connectivity index (χ3v) is 5.53. The second-order valence-electron chi connectivity index (χ2n) is 6.50. The summed E-state index contributed by atoms with van der Waals surface area (Å²) in [4.78, 5) is 16.4.